The van der Waals surface area contributed by atoms with Gasteiger partial charge in [-0.3, -0.25) is 9.69 Å². The molecule has 25 heavy (non-hydrogen) atoms. The summed E-state index contributed by atoms with van der Waals surface area (Å²) in [5.41, 5.74) is 3.38. The summed E-state index contributed by atoms with van der Waals surface area (Å²) in [6.07, 6.45) is 1.13. The van der Waals surface area contributed by atoms with E-state index in [2.05, 4.69) is 23.2 Å². The lowest BCUT2D eigenvalue weighted by molar-refractivity contribution is -0.118. The molecule has 0 aliphatic carbocycles. The van der Waals surface area contributed by atoms with Crippen molar-refractivity contribution in [2.45, 2.75) is 26.4 Å². The Balaban J connectivity index is 1.62. The number of nitrogens with zero attached hydrogens (tertiary/aromatic N) is 1. The van der Waals surface area contributed by atoms with E-state index >= 15 is 0 Å². The zero-order chi connectivity index (χ0) is 17.6. The number of carbonyl (C=O) groups excluding carboxylic acids is 1. The van der Waals surface area contributed by atoms with Crippen molar-refractivity contribution < 1.29 is 14.3 Å². The van der Waals surface area contributed by atoms with Crippen LogP contribution in [0.5, 0.6) is 11.5 Å². The van der Waals surface area contributed by atoms with Crippen LogP contribution < -0.4 is 14.8 Å². The Morgan fingerprint density at radius 2 is 1.92 bits per heavy atom. The first-order valence-electron chi connectivity index (χ1n) is 8.60. The summed E-state index contributed by atoms with van der Waals surface area (Å²) in [7, 11) is 1.58. The number of fused-ring (bicyclic) bond motifs is 1. The zero-order valence-electron chi connectivity index (χ0n) is 14.7. The van der Waals surface area contributed by atoms with Crippen LogP contribution in [0.25, 0.3) is 0 Å². The van der Waals surface area contributed by atoms with Gasteiger partial charge in [0.05, 0.1) is 7.11 Å². The number of anilines is 1. The Morgan fingerprint density at radius 3 is 2.68 bits per heavy atom. The summed E-state index contributed by atoms with van der Waals surface area (Å²) in [5, 5.41) is 2.98. The van der Waals surface area contributed by atoms with Gasteiger partial charge in [-0.25, -0.2) is 0 Å². The first-order chi connectivity index (χ1) is 12.2. The van der Waals surface area contributed by atoms with Crippen LogP contribution in [0.1, 0.15) is 24.5 Å². The van der Waals surface area contributed by atoms with Crippen LogP contribution in [0.2, 0.25) is 0 Å². The van der Waals surface area contributed by atoms with E-state index in [0.717, 1.165) is 31.7 Å². The quantitative estimate of drug-likeness (QED) is 0.839. The molecule has 1 aliphatic rings. The van der Waals surface area contributed by atoms with E-state index in [9.17, 15) is 4.79 Å². The molecule has 1 aliphatic heterocycles. The van der Waals surface area contributed by atoms with E-state index in [1.165, 1.54) is 11.1 Å². The molecule has 0 saturated carbocycles. The molecule has 1 amide bonds. The van der Waals surface area contributed by atoms with Gasteiger partial charge in [0.1, 0.15) is 0 Å². The van der Waals surface area contributed by atoms with E-state index in [-0.39, 0.29) is 12.5 Å². The molecule has 0 bridgehead atoms. The van der Waals surface area contributed by atoms with Crippen molar-refractivity contribution in [2.75, 3.05) is 25.6 Å². The molecule has 5 nitrogen and oxygen atoms in total. The molecule has 1 heterocycles. The smallest absolute Gasteiger partial charge is 0.262 e. The van der Waals surface area contributed by atoms with Crippen molar-refractivity contribution in [1.29, 1.82) is 0 Å². The second-order valence-electron chi connectivity index (χ2n) is 6.14. The average molecular weight is 340 g/mol. The van der Waals surface area contributed by atoms with Crippen molar-refractivity contribution in [3.63, 3.8) is 0 Å². The number of amides is 1. The van der Waals surface area contributed by atoms with Crippen molar-refractivity contribution >= 4 is 11.6 Å². The normalized spacial score (nSPS) is 13.4. The third-order valence-electron chi connectivity index (χ3n) is 4.29. The summed E-state index contributed by atoms with van der Waals surface area (Å²) >= 11 is 0. The number of methoxy groups -OCH3 is 1. The highest BCUT2D eigenvalue weighted by molar-refractivity contribution is 5.93. The molecule has 0 fully saturated rings. The van der Waals surface area contributed by atoms with Gasteiger partial charge in [0, 0.05) is 18.8 Å². The predicted octanol–water partition coefficient (Wildman–Crippen LogP) is 3.44. The van der Waals surface area contributed by atoms with Gasteiger partial charge in [0.25, 0.3) is 5.91 Å². The number of nitrogens with one attached hydrogen (secondary N) is 1. The fourth-order valence-electron chi connectivity index (χ4n) is 3.15. The summed E-state index contributed by atoms with van der Waals surface area (Å²) in [6.45, 7) is 5.03. The molecule has 0 unspecified atom stereocenters. The zero-order valence-corrected chi connectivity index (χ0v) is 14.7. The van der Waals surface area contributed by atoms with Crippen molar-refractivity contribution in [3.8, 4) is 11.5 Å². The van der Waals surface area contributed by atoms with Crippen LogP contribution in [0.4, 0.5) is 5.69 Å². The number of ether oxygens (including phenoxy) is 2. The molecule has 0 atom stereocenters. The maximum absolute atomic E-state index is 12.3. The maximum Gasteiger partial charge on any atom is 0.262 e. The summed E-state index contributed by atoms with van der Waals surface area (Å²) in [4.78, 5) is 14.7. The fourth-order valence-corrected chi connectivity index (χ4v) is 3.15. The van der Waals surface area contributed by atoms with Crippen LogP contribution in [-0.2, 0) is 17.9 Å². The third kappa shape index (κ3) is 4.12. The van der Waals surface area contributed by atoms with Gasteiger partial charge in [0.2, 0.25) is 0 Å². The van der Waals surface area contributed by atoms with Crippen LogP contribution in [-0.4, -0.2) is 31.1 Å². The third-order valence-corrected chi connectivity index (χ3v) is 4.29. The number of benzene rings is 2. The minimum atomic E-state index is -0.173. The lowest BCUT2D eigenvalue weighted by atomic mass is 10.1. The Hall–Kier alpha value is -2.53. The van der Waals surface area contributed by atoms with Gasteiger partial charge >= 0.3 is 0 Å². The van der Waals surface area contributed by atoms with Gasteiger partial charge in [0.15, 0.2) is 18.1 Å². The summed E-state index contributed by atoms with van der Waals surface area (Å²) < 4.78 is 10.8. The fraction of sp³-hybridized carbons (Fsp3) is 0.350. The lowest BCUT2D eigenvalue weighted by Crippen LogP contribution is -2.21. The molecular formula is C20H24N2O3. The molecule has 3 rings (SSSR count). The van der Waals surface area contributed by atoms with E-state index in [1.807, 2.05) is 24.3 Å². The Kier molecular flexibility index (Phi) is 5.56. The lowest BCUT2D eigenvalue weighted by Gasteiger charge is -2.14. The number of para-hydroxylation sites is 2. The first-order valence-corrected chi connectivity index (χ1v) is 8.60. The summed E-state index contributed by atoms with van der Waals surface area (Å²) in [6, 6.07) is 13.4. The molecule has 132 valence electrons. The predicted molar refractivity (Wildman–Crippen MR) is 98.0 cm³/mol. The van der Waals surface area contributed by atoms with Crippen LogP contribution in [0, 0.1) is 0 Å². The topological polar surface area (TPSA) is 50.8 Å². The second-order valence-corrected chi connectivity index (χ2v) is 6.14. The van der Waals surface area contributed by atoms with Gasteiger partial charge in [-0.05, 0) is 42.3 Å². The van der Waals surface area contributed by atoms with Crippen molar-refractivity contribution in [2.24, 2.45) is 0 Å². The van der Waals surface area contributed by atoms with Gasteiger partial charge < -0.3 is 14.8 Å². The molecule has 2 aromatic carbocycles. The standard InChI is InChI=1S/C20H24N2O3/c1-3-11-22-12-15-7-6-8-17(16(15)13-22)21-20(23)14-25-19-10-5-4-9-18(19)24-2/h4-10H,3,11-14H2,1-2H3,(H,21,23). The summed E-state index contributed by atoms with van der Waals surface area (Å²) in [5.74, 6) is 1.01. The molecule has 0 radical (unpaired) electrons. The molecule has 5 heteroatoms. The Morgan fingerprint density at radius 1 is 1.12 bits per heavy atom. The first kappa shape index (κ1) is 17.3. The van der Waals surface area contributed by atoms with Crippen molar-refractivity contribution in [3.05, 3.63) is 53.6 Å². The number of hydrogen-bond donors (Lipinski definition) is 1. The molecule has 0 aromatic heterocycles. The maximum atomic E-state index is 12.3. The van der Waals surface area contributed by atoms with Gasteiger partial charge in [-0.1, -0.05) is 31.2 Å². The SMILES string of the molecule is CCCN1Cc2cccc(NC(=O)COc3ccccc3OC)c2C1. The average Bonchev–Trinajstić information content (AvgIpc) is 3.04. The van der Waals surface area contributed by atoms with Crippen LogP contribution in [0.15, 0.2) is 42.5 Å². The monoisotopic (exact) mass is 340 g/mol. The van der Waals surface area contributed by atoms with E-state index in [4.69, 9.17) is 9.47 Å². The highest BCUT2D eigenvalue weighted by Crippen LogP contribution is 2.29. The van der Waals surface area contributed by atoms with Crippen molar-refractivity contribution in [1.82, 2.24) is 4.90 Å². The van der Waals surface area contributed by atoms with E-state index in [1.54, 1.807) is 19.2 Å². The van der Waals surface area contributed by atoms with Gasteiger partial charge in [-0.2, -0.15) is 0 Å². The van der Waals surface area contributed by atoms with Crippen LogP contribution in [0.3, 0.4) is 0 Å². The molecular weight excluding hydrogens is 316 g/mol. The van der Waals surface area contributed by atoms with E-state index < -0.39 is 0 Å². The molecule has 2 aromatic rings. The molecule has 1 N–H and O–H groups in total. The Bertz CT molecular complexity index is 745. The highest BCUT2D eigenvalue weighted by Gasteiger charge is 2.21. The second kappa shape index (κ2) is 8.03. The number of carbonyl (C=O) groups is 1. The molecule has 0 saturated heterocycles. The number of hydrogen-bond acceptors (Lipinski definition) is 4. The molecule has 0 spiro atoms. The highest BCUT2D eigenvalue weighted by atomic mass is 16.5. The van der Waals surface area contributed by atoms with E-state index in [0.29, 0.717) is 11.5 Å². The van der Waals surface area contributed by atoms with Crippen LogP contribution >= 0.6 is 0 Å². The minimum Gasteiger partial charge on any atom is -0.493 e. The number of rotatable bonds is 7. The Labute approximate surface area is 148 Å². The van der Waals surface area contributed by atoms with Gasteiger partial charge in [-0.15, -0.1) is 0 Å². The largest absolute Gasteiger partial charge is 0.493 e. The minimum absolute atomic E-state index is 0.0529.